The number of anilines is 2. The third-order valence-corrected chi connectivity index (χ3v) is 6.01. The number of ether oxygens (including phenoxy) is 1. The zero-order valence-electron chi connectivity index (χ0n) is 18.7. The van der Waals surface area contributed by atoms with Gasteiger partial charge in [-0.15, -0.1) is 0 Å². The lowest BCUT2D eigenvalue weighted by Gasteiger charge is -2.36. The van der Waals surface area contributed by atoms with Crippen molar-refractivity contribution in [2.24, 2.45) is 5.92 Å². The molecule has 6 heteroatoms. The van der Waals surface area contributed by atoms with Crippen LogP contribution < -0.4 is 15.4 Å². The molecule has 6 nitrogen and oxygen atoms in total. The maximum atomic E-state index is 13.4. The Morgan fingerprint density at radius 2 is 1.48 bits per heavy atom. The maximum absolute atomic E-state index is 13.4. The van der Waals surface area contributed by atoms with Gasteiger partial charge < -0.3 is 15.4 Å². The number of piperidine rings is 1. The highest BCUT2D eigenvalue weighted by Crippen LogP contribution is 2.29. The molecule has 3 aromatic rings. The number of benzene rings is 3. The van der Waals surface area contributed by atoms with Crippen LogP contribution in [0.5, 0.6) is 5.75 Å². The molecule has 0 radical (unpaired) electrons. The fourth-order valence-corrected chi connectivity index (χ4v) is 4.26. The Hall–Kier alpha value is -3.64. The third kappa shape index (κ3) is 5.79. The summed E-state index contributed by atoms with van der Waals surface area (Å²) in [5.74, 6) is 0.563. The second-order valence-corrected chi connectivity index (χ2v) is 8.20. The molecule has 1 fully saturated rings. The van der Waals surface area contributed by atoms with Crippen LogP contribution in [0, 0.1) is 5.92 Å². The number of amides is 2. The second kappa shape index (κ2) is 10.8. The zero-order chi connectivity index (χ0) is 23.0. The summed E-state index contributed by atoms with van der Waals surface area (Å²) in [5.41, 5.74) is 2.44. The minimum Gasteiger partial charge on any atom is -0.497 e. The van der Waals surface area contributed by atoms with Crippen molar-refractivity contribution in [1.29, 1.82) is 0 Å². The van der Waals surface area contributed by atoms with Crippen LogP contribution in [-0.2, 0) is 9.59 Å². The Morgan fingerprint density at radius 1 is 0.848 bits per heavy atom. The van der Waals surface area contributed by atoms with Gasteiger partial charge in [0.1, 0.15) is 11.8 Å². The molecule has 33 heavy (non-hydrogen) atoms. The number of rotatable bonds is 7. The number of nitrogens with one attached hydrogen (secondary N) is 2. The number of hydrogen-bond donors (Lipinski definition) is 2. The molecule has 2 N–H and O–H groups in total. The first kappa shape index (κ1) is 22.6. The molecular weight excluding hydrogens is 414 g/mol. The first-order valence-corrected chi connectivity index (χ1v) is 11.2. The van der Waals surface area contributed by atoms with Crippen molar-refractivity contribution < 1.29 is 14.3 Å². The number of hydrogen-bond acceptors (Lipinski definition) is 4. The number of para-hydroxylation sites is 1. The van der Waals surface area contributed by atoms with Gasteiger partial charge in [0.25, 0.3) is 0 Å². The molecular formula is C27H29N3O3. The highest BCUT2D eigenvalue weighted by molar-refractivity contribution is 5.96. The van der Waals surface area contributed by atoms with Crippen LogP contribution >= 0.6 is 0 Å². The van der Waals surface area contributed by atoms with Gasteiger partial charge in [0, 0.05) is 23.4 Å². The molecule has 0 aromatic heterocycles. The van der Waals surface area contributed by atoms with Crippen LogP contribution in [0.25, 0.3) is 0 Å². The normalized spacial score (nSPS) is 15.4. The van der Waals surface area contributed by atoms with Gasteiger partial charge in [-0.25, -0.2) is 0 Å². The maximum Gasteiger partial charge on any atom is 0.246 e. The molecule has 0 unspecified atom stereocenters. The van der Waals surface area contributed by atoms with Gasteiger partial charge in [0.2, 0.25) is 11.8 Å². The Bertz CT molecular complexity index is 1060. The second-order valence-electron chi connectivity index (χ2n) is 8.20. The van der Waals surface area contributed by atoms with E-state index >= 15 is 0 Å². The summed E-state index contributed by atoms with van der Waals surface area (Å²) in [7, 11) is 1.60. The smallest absolute Gasteiger partial charge is 0.246 e. The van der Waals surface area contributed by atoms with Gasteiger partial charge >= 0.3 is 0 Å². The molecule has 1 aliphatic rings. The quantitative estimate of drug-likeness (QED) is 0.554. The summed E-state index contributed by atoms with van der Waals surface area (Å²) in [5, 5.41) is 6.04. The van der Waals surface area contributed by atoms with Crippen molar-refractivity contribution in [3.8, 4) is 5.75 Å². The van der Waals surface area contributed by atoms with Gasteiger partial charge in [0.05, 0.1) is 7.11 Å². The first-order valence-electron chi connectivity index (χ1n) is 11.2. The van der Waals surface area contributed by atoms with E-state index in [-0.39, 0.29) is 17.7 Å². The molecule has 1 atom stereocenters. The van der Waals surface area contributed by atoms with Gasteiger partial charge in [-0.3, -0.25) is 14.5 Å². The molecule has 3 aromatic carbocycles. The van der Waals surface area contributed by atoms with E-state index in [1.165, 1.54) is 0 Å². The van der Waals surface area contributed by atoms with E-state index < -0.39 is 6.04 Å². The molecule has 4 rings (SSSR count). The van der Waals surface area contributed by atoms with Crippen molar-refractivity contribution in [2.75, 3.05) is 30.8 Å². The van der Waals surface area contributed by atoms with Gasteiger partial charge in [-0.05, 0) is 55.8 Å². The molecule has 170 valence electrons. The Balaban J connectivity index is 1.44. The summed E-state index contributed by atoms with van der Waals surface area (Å²) in [6, 6.07) is 26.2. The van der Waals surface area contributed by atoms with E-state index in [4.69, 9.17) is 4.74 Å². The van der Waals surface area contributed by atoms with Crippen LogP contribution in [0.3, 0.4) is 0 Å². The number of carbonyl (C=O) groups excluding carboxylic acids is 2. The van der Waals surface area contributed by atoms with E-state index in [2.05, 4.69) is 15.5 Å². The van der Waals surface area contributed by atoms with Crippen molar-refractivity contribution >= 4 is 23.2 Å². The summed E-state index contributed by atoms with van der Waals surface area (Å²) < 4.78 is 5.28. The number of methoxy groups -OCH3 is 1. The molecule has 1 heterocycles. The SMILES string of the molecule is COc1cccc(NC(=O)[C@H](c2ccccc2)N2CCC(C(=O)Nc3ccccc3)CC2)c1. The Morgan fingerprint density at radius 3 is 2.15 bits per heavy atom. The van der Waals surface area contributed by atoms with E-state index in [0.717, 1.165) is 11.3 Å². The summed E-state index contributed by atoms with van der Waals surface area (Å²) in [6.07, 6.45) is 1.41. The average Bonchev–Trinajstić information content (AvgIpc) is 2.86. The lowest BCUT2D eigenvalue weighted by Crippen LogP contribution is -2.44. The van der Waals surface area contributed by atoms with E-state index in [1.54, 1.807) is 13.2 Å². The summed E-state index contributed by atoms with van der Waals surface area (Å²) >= 11 is 0. The number of nitrogens with zero attached hydrogens (tertiary/aromatic N) is 1. The standard InChI is InChI=1S/C27H29N3O3/c1-33-24-14-8-13-23(19-24)29-27(32)25(20-9-4-2-5-10-20)30-17-15-21(16-18-30)26(31)28-22-11-6-3-7-12-22/h2-14,19,21,25H,15-18H2,1H3,(H,28,31)(H,29,32)/t25-/m0/s1. The fraction of sp³-hybridized carbons (Fsp3) is 0.259. The van der Waals surface area contributed by atoms with Gasteiger partial charge in [0.15, 0.2) is 0 Å². The molecule has 0 saturated carbocycles. The molecule has 0 spiro atoms. The average molecular weight is 444 g/mol. The number of likely N-dealkylation sites (tertiary alicyclic amines) is 1. The summed E-state index contributed by atoms with van der Waals surface area (Å²) in [4.78, 5) is 28.3. The van der Waals surface area contributed by atoms with Crippen molar-refractivity contribution in [1.82, 2.24) is 4.90 Å². The molecule has 0 aliphatic carbocycles. The topological polar surface area (TPSA) is 70.7 Å². The Labute approximate surface area is 194 Å². The minimum absolute atomic E-state index is 0.0398. The van der Waals surface area contributed by atoms with Crippen molar-refractivity contribution in [3.63, 3.8) is 0 Å². The lowest BCUT2D eigenvalue weighted by molar-refractivity contribution is -0.123. The monoisotopic (exact) mass is 443 g/mol. The van der Waals surface area contributed by atoms with Crippen LogP contribution in [-0.4, -0.2) is 36.9 Å². The van der Waals surface area contributed by atoms with Crippen LogP contribution in [0.2, 0.25) is 0 Å². The highest BCUT2D eigenvalue weighted by Gasteiger charge is 2.33. The van der Waals surface area contributed by atoms with Gasteiger partial charge in [-0.1, -0.05) is 54.6 Å². The Kier molecular flexibility index (Phi) is 7.37. The molecule has 1 aliphatic heterocycles. The van der Waals surface area contributed by atoms with E-state index in [9.17, 15) is 9.59 Å². The molecule has 0 bridgehead atoms. The van der Waals surface area contributed by atoms with Crippen molar-refractivity contribution in [2.45, 2.75) is 18.9 Å². The van der Waals surface area contributed by atoms with Crippen LogP contribution in [0.1, 0.15) is 24.4 Å². The lowest BCUT2D eigenvalue weighted by atomic mass is 9.93. The molecule has 1 saturated heterocycles. The first-order chi connectivity index (χ1) is 16.1. The predicted molar refractivity (Wildman–Crippen MR) is 130 cm³/mol. The van der Waals surface area contributed by atoms with Gasteiger partial charge in [-0.2, -0.15) is 0 Å². The van der Waals surface area contributed by atoms with E-state index in [1.807, 2.05) is 78.9 Å². The van der Waals surface area contributed by atoms with Crippen molar-refractivity contribution in [3.05, 3.63) is 90.5 Å². The van der Waals surface area contributed by atoms with Crippen LogP contribution in [0.15, 0.2) is 84.9 Å². The summed E-state index contributed by atoms with van der Waals surface area (Å²) in [6.45, 7) is 1.33. The number of carbonyl (C=O) groups is 2. The van der Waals surface area contributed by atoms with E-state index in [0.29, 0.717) is 37.4 Å². The van der Waals surface area contributed by atoms with Crippen LogP contribution in [0.4, 0.5) is 11.4 Å². The highest BCUT2D eigenvalue weighted by atomic mass is 16.5. The minimum atomic E-state index is -0.435. The predicted octanol–water partition coefficient (Wildman–Crippen LogP) is 4.73. The third-order valence-electron chi connectivity index (χ3n) is 6.01. The largest absolute Gasteiger partial charge is 0.497 e. The fourth-order valence-electron chi connectivity index (χ4n) is 4.26. The molecule has 2 amide bonds. The zero-order valence-corrected chi connectivity index (χ0v) is 18.7.